The molecule has 0 radical (unpaired) electrons. The molecule has 282 valence electrons. The van der Waals surface area contributed by atoms with Crippen molar-refractivity contribution in [3.63, 3.8) is 0 Å². The van der Waals surface area contributed by atoms with E-state index in [1.807, 2.05) is 6.07 Å². The number of aromatic nitrogens is 1. The summed E-state index contributed by atoms with van der Waals surface area (Å²) in [4.78, 5) is 63.0. The molecule has 1 aliphatic heterocycles. The molecule has 3 rings (SSSR count). The molecule has 5 N–H and O–H groups in total. The van der Waals surface area contributed by atoms with Crippen molar-refractivity contribution in [3.05, 3.63) is 23.5 Å². The molecule has 2 amide bonds. The van der Waals surface area contributed by atoms with Crippen LogP contribution in [0.5, 0.6) is 0 Å². The van der Waals surface area contributed by atoms with Gasteiger partial charge in [-0.1, -0.05) is 27.2 Å². The highest BCUT2D eigenvalue weighted by Gasteiger charge is 2.60. The van der Waals surface area contributed by atoms with Crippen molar-refractivity contribution in [2.75, 3.05) is 13.2 Å². The Balaban J connectivity index is 1.98. The second kappa shape index (κ2) is 16.3. The largest absolute Gasteiger partial charge is 0.463 e. The lowest BCUT2D eigenvalue weighted by Gasteiger charge is -2.32. The number of nitriles is 1. The molecule has 0 spiro atoms. The summed E-state index contributed by atoms with van der Waals surface area (Å²) in [6.07, 6.45) is -1.59. The predicted octanol–water partition coefficient (Wildman–Crippen LogP) is 3.15. The summed E-state index contributed by atoms with van der Waals surface area (Å²) < 4.78 is 28.3. The number of alkyl carbamates (subject to hydrolysis) is 1. The second-order valence-electron chi connectivity index (χ2n) is 15.2. The number of aliphatic imine (C=N–C) groups is 2. The zero-order chi connectivity index (χ0) is 38.4. The van der Waals surface area contributed by atoms with Crippen LogP contribution in [0.4, 0.5) is 4.79 Å². The van der Waals surface area contributed by atoms with Crippen molar-refractivity contribution in [1.82, 2.24) is 10.3 Å². The van der Waals surface area contributed by atoms with Crippen molar-refractivity contribution >= 4 is 36.1 Å². The summed E-state index contributed by atoms with van der Waals surface area (Å²) in [5, 5.41) is 24.9. The Morgan fingerprint density at radius 2 is 1.84 bits per heavy atom. The smallest absolute Gasteiger partial charge is 0.408 e. The van der Waals surface area contributed by atoms with Gasteiger partial charge in [0.25, 0.3) is 5.91 Å². The Morgan fingerprint density at radius 3 is 2.37 bits per heavy atom. The van der Waals surface area contributed by atoms with Crippen molar-refractivity contribution in [2.45, 2.75) is 129 Å². The minimum atomic E-state index is -2.20. The lowest BCUT2D eigenvalue weighted by Crippen LogP contribution is -2.53. The van der Waals surface area contributed by atoms with Crippen molar-refractivity contribution < 1.29 is 48.0 Å². The van der Waals surface area contributed by atoms with Gasteiger partial charge in [0.05, 0.1) is 17.7 Å². The summed E-state index contributed by atoms with van der Waals surface area (Å²) in [7, 11) is 0. The van der Waals surface area contributed by atoms with E-state index >= 15 is 0 Å². The number of aromatic amines is 1. The van der Waals surface area contributed by atoms with Crippen LogP contribution in [0, 0.1) is 22.7 Å². The maximum absolute atomic E-state index is 13.8. The highest BCUT2D eigenvalue weighted by atomic mass is 16.6. The number of carbonyl (C=O) groups excluding carboxylic acids is 4. The number of nitrogens with zero attached hydrogens (tertiary/aromatic N) is 3. The van der Waals surface area contributed by atoms with Gasteiger partial charge < -0.3 is 44.8 Å². The number of amides is 2. The van der Waals surface area contributed by atoms with Gasteiger partial charge in [-0.05, 0) is 77.8 Å². The molecule has 1 aromatic rings. The van der Waals surface area contributed by atoms with Crippen LogP contribution >= 0.6 is 0 Å². The van der Waals surface area contributed by atoms with Crippen LogP contribution in [0.15, 0.2) is 22.1 Å². The van der Waals surface area contributed by atoms with E-state index in [0.717, 1.165) is 25.6 Å². The van der Waals surface area contributed by atoms with Gasteiger partial charge in [-0.2, -0.15) is 10.3 Å². The molecule has 0 unspecified atom stereocenters. The maximum Gasteiger partial charge on any atom is 0.408 e. The van der Waals surface area contributed by atoms with Gasteiger partial charge in [0.15, 0.2) is 11.9 Å². The van der Waals surface area contributed by atoms with E-state index in [9.17, 15) is 29.5 Å². The number of rotatable bonds is 12. The van der Waals surface area contributed by atoms with Crippen LogP contribution in [-0.4, -0.2) is 95.0 Å². The van der Waals surface area contributed by atoms with E-state index in [1.165, 1.54) is 12.1 Å². The normalized spacial score (nSPS) is 23.6. The van der Waals surface area contributed by atoms with Gasteiger partial charge in [-0.3, -0.25) is 9.59 Å². The summed E-state index contributed by atoms with van der Waals surface area (Å²) in [6.45, 7) is 14.7. The number of nitrogens with one attached hydrogen (secondary N) is 2. The number of H-pyrrole nitrogens is 1. The summed E-state index contributed by atoms with van der Waals surface area (Å²) >= 11 is 0. The van der Waals surface area contributed by atoms with Gasteiger partial charge in [0.1, 0.15) is 42.1 Å². The second-order valence-corrected chi connectivity index (χ2v) is 15.2. The summed E-state index contributed by atoms with van der Waals surface area (Å²) in [5.74, 6) is -2.04. The lowest BCUT2D eigenvalue weighted by molar-refractivity contribution is -0.165. The summed E-state index contributed by atoms with van der Waals surface area (Å²) in [6, 6.07) is 3.58. The molecular formula is C35H52N6O10. The van der Waals surface area contributed by atoms with Crippen LogP contribution in [0.3, 0.4) is 0 Å². The number of amidine groups is 1. The van der Waals surface area contributed by atoms with Gasteiger partial charge >= 0.3 is 18.0 Å². The van der Waals surface area contributed by atoms with Gasteiger partial charge in [-0.15, -0.1) is 0 Å². The number of esters is 2. The minimum absolute atomic E-state index is 0.00691. The number of hydrogen-bond donors (Lipinski definition) is 4. The average Bonchev–Trinajstić information content (AvgIpc) is 3.59. The van der Waals surface area contributed by atoms with Crippen molar-refractivity contribution in [1.29, 1.82) is 5.26 Å². The Hall–Kier alpha value is -4.33. The number of carbonyl (C=O) groups is 4. The molecule has 0 aromatic carbocycles. The Bertz CT molecular complexity index is 1530. The van der Waals surface area contributed by atoms with E-state index in [-0.39, 0.29) is 36.2 Å². The Kier molecular flexibility index (Phi) is 13.2. The van der Waals surface area contributed by atoms with E-state index in [2.05, 4.69) is 20.3 Å². The molecule has 51 heavy (non-hydrogen) atoms. The molecule has 16 nitrogen and oxygen atoms in total. The predicted molar refractivity (Wildman–Crippen MR) is 184 cm³/mol. The average molecular weight is 717 g/mol. The fourth-order valence-electron chi connectivity index (χ4n) is 5.50. The van der Waals surface area contributed by atoms with Gasteiger partial charge in [0.2, 0.25) is 5.60 Å². The zero-order valence-electron chi connectivity index (χ0n) is 30.9. The topological polar surface area (TPSA) is 237 Å². The first-order valence-electron chi connectivity index (χ1n) is 17.0. The van der Waals surface area contributed by atoms with Gasteiger partial charge in [0, 0.05) is 13.0 Å². The molecule has 0 bridgehead atoms. The Labute approximate surface area is 298 Å². The van der Waals surface area contributed by atoms with Crippen LogP contribution in [0.1, 0.15) is 99.4 Å². The number of aliphatic hydroxyl groups is 1. The first-order chi connectivity index (χ1) is 23.7. The first-order valence-corrected chi connectivity index (χ1v) is 17.0. The third kappa shape index (κ3) is 10.4. The van der Waals surface area contributed by atoms with Crippen LogP contribution in [0.2, 0.25) is 0 Å². The number of aliphatic hydroxyl groups excluding tert-OH is 1. The maximum atomic E-state index is 13.8. The fraction of sp³-hybridized carbons (Fsp3) is 0.686. The minimum Gasteiger partial charge on any atom is -0.463 e. The van der Waals surface area contributed by atoms with E-state index < -0.39 is 77.1 Å². The zero-order valence-corrected chi connectivity index (χ0v) is 30.9. The molecule has 1 saturated carbocycles. The molecule has 2 aliphatic rings. The van der Waals surface area contributed by atoms with E-state index in [4.69, 9.17) is 29.4 Å². The highest BCUT2D eigenvalue weighted by molar-refractivity contribution is 6.08. The molecule has 2 heterocycles. The van der Waals surface area contributed by atoms with Crippen molar-refractivity contribution in [3.8, 4) is 6.07 Å². The van der Waals surface area contributed by atoms with Crippen LogP contribution in [-0.2, 0) is 43.7 Å². The van der Waals surface area contributed by atoms with Crippen molar-refractivity contribution in [2.24, 2.45) is 27.1 Å². The number of ether oxygens (including phenoxy) is 5. The Morgan fingerprint density at radius 1 is 1.18 bits per heavy atom. The third-order valence-electron chi connectivity index (χ3n) is 8.45. The quantitative estimate of drug-likeness (QED) is 0.106. The summed E-state index contributed by atoms with van der Waals surface area (Å²) in [5.41, 5.74) is 0.451. The SMILES string of the molecule is CCOC(C)(C)C(=O)N=C(N=CN)c1ccc([C@]2(C#N)O[C@H](COC(=O)CC3CCC3)[C@@H](OC(=O)[C@@H](NC(=O)OC(C)(C)C)C(C)(C)C)[C@H]2O)[nH]1. The number of nitrogens with two attached hydrogens (primary N) is 1. The van der Waals surface area contributed by atoms with Crippen LogP contribution < -0.4 is 11.1 Å². The van der Waals surface area contributed by atoms with Gasteiger partial charge in [-0.25, -0.2) is 14.6 Å². The number of hydrogen-bond acceptors (Lipinski definition) is 11. The highest BCUT2D eigenvalue weighted by Crippen LogP contribution is 2.41. The molecule has 1 saturated heterocycles. The first kappa shape index (κ1) is 41.1. The molecule has 16 heteroatoms. The van der Waals surface area contributed by atoms with E-state index in [1.54, 1.807) is 62.3 Å². The monoisotopic (exact) mass is 716 g/mol. The fourth-order valence-corrected chi connectivity index (χ4v) is 5.50. The van der Waals surface area contributed by atoms with E-state index in [0.29, 0.717) is 0 Å². The molecule has 1 aromatic heterocycles. The third-order valence-corrected chi connectivity index (χ3v) is 8.45. The molecule has 2 fully saturated rings. The molecule has 5 atom stereocenters. The standard InChI is InChI=1S/C35H52N6O10/c1-10-48-34(8,9)30(45)41-28(38-19-37)21-14-15-23(39-21)35(18-36)27(43)25(22(50-35)17-47-24(42)16-20-12-11-13-20)49-29(44)26(32(2,3)4)40-31(46)51-33(5,6)7/h14-15,19-20,22,25-27,39,43H,10-13,16-17H2,1-9H3,(H,40,46)(H2,37,38,41,45)/t22-,25-,26-,27-,35+/m1/s1. The van der Waals surface area contributed by atoms with Crippen LogP contribution in [0.25, 0.3) is 0 Å². The lowest BCUT2D eigenvalue weighted by atomic mass is 9.83. The molecule has 1 aliphatic carbocycles. The molecular weight excluding hydrogens is 664 g/mol.